The number of carbonyl (C=O) groups is 1. The van der Waals surface area contributed by atoms with Crippen molar-refractivity contribution in [2.45, 2.75) is 19.8 Å². The number of rotatable bonds is 4. The van der Waals surface area contributed by atoms with Crippen LogP contribution in [0.3, 0.4) is 0 Å². The molecule has 5 nitrogen and oxygen atoms in total. The van der Waals surface area contributed by atoms with E-state index in [2.05, 4.69) is 34.1 Å². The van der Waals surface area contributed by atoms with Gasteiger partial charge in [-0.25, -0.2) is 4.98 Å². The number of anilines is 1. The fourth-order valence-corrected chi connectivity index (χ4v) is 2.81. The van der Waals surface area contributed by atoms with Crippen molar-refractivity contribution in [1.29, 1.82) is 0 Å². The lowest BCUT2D eigenvalue weighted by atomic mass is 10.0. The maximum Gasteiger partial charge on any atom is 0.275 e. The van der Waals surface area contributed by atoms with Crippen LogP contribution in [0, 0.1) is 0 Å². The van der Waals surface area contributed by atoms with Crippen molar-refractivity contribution in [3.8, 4) is 10.7 Å². The minimum Gasteiger partial charge on any atom is -0.321 e. The van der Waals surface area contributed by atoms with E-state index in [0.717, 1.165) is 5.69 Å². The monoisotopic (exact) mass is 324 g/mol. The Bertz CT molecular complexity index is 797. The summed E-state index contributed by atoms with van der Waals surface area (Å²) in [5.74, 6) is 0.238. The number of carbonyl (C=O) groups excluding carboxylic acids is 1. The van der Waals surface area contributed by atoms with Gasteiger partial charge in [0, 0.05) is 23.5 Å². The van der Waals surface area contributed by atoms with Crippen LogP contribution in [0.15, 0.2) is 48.2 Å². The van der Waals surface area contributed by atoms with Crippen LogP contribution in [0.2, 0.25) is 0 Å². The molecule has 0 radical (unpaired) electrons. The second-order valence-corrected chi connectivity index (χ2v) is 6.22. The summed E-state index contributed by atoms with van der Waals surface area (Å²) < 4.78 is 0. The second-order valence-electron chi connectivity index (χ2n) is 5.36. The zero-order valence-corrected chi connectivity index (χ0v) is 13.7. The first-order valence-corrected chi connectivity index (χ1v) is 8.14. The molecule has 0 atom stereocenters. The van der Waals surface area contributed by atoms with Gasteiger partial charge >= 0.3 is 0 Å². The summed E-state index contributed by atoms with van der Waals surface area (Å²) >= 11 is 1.37. The Morgan fingerprint density at radius 1 is 1.17 bits per heavy atom. The molecule has 1 aromatic carbocycles. The molecule has 0 saturated heterocycles. The minimum absolute atomic E-state index is 0.228. The zero-order valence-electron chi connectivity index (χ0n) is 12.9. The largest absolute Gasteiger partial charge is 0.321 e. The number of amides is 1. The van der Waals surface area contributed by atoms with E-state index in [1.807, 2.05) is 24.3 Å². The van der Waals surface area contributed by atoms with Gasteiger partial charge in [0.15, 0.2) is 0 Å². The maximum atomic E-state index is 12.3. The van der Waals surface area contributed by atoms with Crippen molar-refractivity contribution in [3.05, 3.63) is 59.5 Å². The Labute approximate surface area is 138 Å². The van der Waals surface area contributed by atoms with Gasteiger partial charge in [0.05, 0.1) is 6.20 Å². The molecule has 2 aromatic heterocycles. The molecule has 23 heavy (non-hydrogen) atoms. The number of nitrogens with zero attached hydrogens (tertiary/aromatic N) is 3. The van der Waals surface area contributed by atoms with Crippen LogP contribution < -0.4 is 5.32 Å². The average Bonchev–Trinajstić information content (AvgIpc) is 3.06. The molecule has 0 bridgehead atoms. The standard InChI is InChI=1S/C17H16N4OS/c1-11(2)12-3-5-13(6-4-12)20-16(22)15-10-23-17(21-15)14-9-18-7-8-19-14/h3-11H,1-2H3,(H,20,22). The van der Waals surface area contributed by atoms with E-state index in [0.29, 0.717) is 22.3 Å². The van der Waals surface area contributed by atoms with E-state index in [1.54, 1.807) is 24.0 Å². The summed E-state index contributed by atoms with van der Waals surface area (Å²) in [4.78, 5) is 24.8. The van der Waals surface area contributed by atoms with Crippen LogP contribution in [0.4, 0.5) is 5.69 Å². The Morgan fingerprint density at radius 2 is 1.96 bits per heavy atom. The summed E-state index contributed by atoms with van der Waals surface area (Å²) in [7, 11) is 0. The zero-order chi connectivity index (χ0) is 16.2. The third kappa shape index (κ3) is 3.60. The molecule has 0 unspecified atom stereocenters. The average molecular weight is 324 g/mol. The first-order valence-electron chi connectivity index (χ1n) is 7.26. The lowest BCUT2D eigenvalue weighted by molar-refractivity contribution is 0.102. The highest BCUT2D eigenvalue weighted by atomic mass is 32.1. The molecule has 1 N–H and O–H groups in total. The third-order valence-corrected chi connectivity index (χ3v) is 4.22. The van der Waals surface area contributed by atoms with Gasteiger partial charge in [-0.05, 0) is 23.6 Å². The highest BCUT2D eigenvalue weighted by Crippen LogP contribution is 2.22. The third-order valence-electron chi connectivity index (χ3n) is 3.35. The molecular formula is C17H16N4OS. The lowest BCUT2D eigenvalue weighted by Crippen LogP contribution is -2.12. The van der Waals surface area contributed by atoms with E-state index in [9.17, 15) is 4.79 Å². The molecule has 0 saturated carbocycles. The quantitative estimate of drug-likeness (QED) is 0.788. The van der Waals surface area contributed by atoms with E-state index < -0.39 is 0 Å². The predicted octanol–water partition coefficient (Wildman–Crippen LogP) is 3.98. The molecule has 0 aliphatic rings. The summed E-state index contributed by atoms with van der Waals surface area (Å²) in [5, 5.41) is 5.26. The molecule has 2 heterocycles. The Hall–Kier alpha value is -2.60. The van der Waals surface area contributed by atoms with E-state index in [1.165, 1.54) is 16.9 Å². The Kier molecular flexibility index (Phi) is 4.43. The molecule has 0 aliphatic carbocycles. The number of benzene rings is 1. The van der Waals surface area contributed by atoms with Crippen LogP contribution >= 0.6 is 11.3 Å². The van der Waals surface area contributed by atoms with Crippen molar-refractivity contribution in [3.63, 3.8) is 0 Å². The van der Waals surface area contributed by atoms with Crippen LogP contribution in [-0.2, 0) is 0 Å². The van der Waals surface area contributed by atoms with Crippen molar-refractivity contribution < 1.29 is 4.79 Å². The smallest absolute Gasteiger partial charge is 0.275 e. The highest BCUT2D eigenvalue weighted by Gasteiger charge is 2.13. The number of hydrogen-bond acceptors (Lipinski definition) is 5. The van der Waals surface area contributed by atoms with Crippen LogP contribution in [0.1, 0.15) is 35.8 Å². The maximum absolute atomic E-state index is 12.3. The topological polar surface area (TPSA) is 67.8 Å². The minimum atomic E-state index is -0.228. The van der Waals surface area contributed by atoms with Crippen molar-refractivity contribution in [2.75, 3.05) is 5.32 Å². The number of nitrogens with one attached hydrogen (secondary N) is 1. The summed E-state index contributed by atoms with van der Waals surface area (Å²) in [6.45, 7) is 4.27. The second kappa shape index (κ2) is 6.66. The SMILES string of the molecule is CC(C)c1ccc(NC(=O)c2csc(-c3cnccn3)n2)cc1. The number of thiazole rings is 1. The molecule has 3 rings (SSSR count). The van der Waals surface area contributed by atoms with Gasteiger partial charge in [-0.2, -0.15) is 0 Å². The van der Waals surface area contributed by atoms with Gasteiger partial charge in [-0.3, -0.25) is 14.8 Å². The van der Waals surface area contributed by atoms with E-state index in [4.69, 9.17) is 0 Å². The Balaban J connectivity index is 1.72. The van der Waals surface area contributed by atoms with Crippen LogP contribution in [0.5, 0.6) is 0 Å². The predicted molar refractivity (Wildman–Crippen MR) is 91.6 cm³/mol. The van der Waals surface area contributed by atoms with Gasteiger partial charge in [-0.15, -0.1) is 11.3 Å². The molecule has 0 spiro atoms. The molecule has 0 aliphatic heterocycles. The van der Waals surface area contributed by atoms with Gasteiger partial charge < -0.3 is 5.32 Å². The summed E-state index contributed by atoms with van der Waals surface area (Å²) in [6.07, 6.45) is 4.84. The first kappa shape index (κ1) is 15.3. The van der Waals surface area contributed by atoms with Gasteiger partial charge in [-0.1, -0.05) is 26.0 Å². The van der Waals surface area contributed by atoms with Crippen LogP contribution in [-0.4, -0.2) is 20.9 Å². The van der Waals surface area contributed by atoms with Crippen LogP contribution in [0.25, 0.3) is 10.7 Å². The van der Waals surface area contributed by atoms with Gasteiger partial charge in [0.25, 0.3) is 5.91 Å². The van der Waals surface area contributed by atoms with Crippen molar-refractivity contribution in [2.24, 2.45) is 0 Å². The molecule has 116 valence electrons. The number of hydrogen-bond donors (Lipinski definition) is 1. The number of aromatic nitrogens is 3. The van der Waals surface area contributed by atoms with Crippen molar-refractivity contribution >= 4 is 22.9 Å². The van der Waals surface area contributed by atoms with Gasteiger partial charge in [0.2, 0.25) is 0 Å². The fourth-order valence-electron chi connectivity index (χ4n) is 2.05. The lowest BCUT2D eigenvalue weighted by Gasteiger charge is -2.07. The molecular weight excluding hydrogens is 308 g/mol. The van der Waals surface area contributed by atoms with Crippen molar-refractivity contribution in [1.82, 2.24) is 15.0 Å². The van der Waals surface area contributed by atoms with E-state index in [-0.39, 0.29) is 5.91 Å². The van der Waals surface area contributed by atoms with E-state index >= 15 is 0 Å². The molecule has 3 aromatic rings. The van der Waals surface area contributed by atoms with Gasteiger partial charge in [0.1, 0.15) is 16.4 Å². The molecule has 1 amide bonds. The molecule has 0 fully saturated rings. The normalized spacial score (nSPS) is 10.7. The fraction of sp³-hybridized carbons (Fsp3) is 0.176. The molecule has 6 heteroatoms. The highest BCUT2D eigenvalue weighted by molar-refractivity contribution is 7.13. The Morgan fingerprint density at radius 3 is 2.61 bits per heavy atom. The summed E-state index contributed by atoms with van der Waals surface area (Å²) in [6, 6.07) is 7.85. The summed E-state index contributed by atoms with van der Waals surface area (Å²) in [5.41, 5.74) is 3.04. The first-order chi connectivity index (χ1) is 11.1.